The number of para-hydroxylation sites is 1. The van der Waals surface area contributed by atoms with Gasteiger partial charge in [0.25, 0.3) is 10.0 Å². The number of anilines is 1. The van der Waals surface area contributed by atoms with Crippen LogP contribution in [0.25, 0.3) is 0 Å². The number of rotatable bonds is 3. The van der Waals surface area contributed by atoms with Gasteiger partial charge in [0, 0.05) is 5.69 Å². The number of nitrogens with one attached hydrogen (secondary N) is 1. The van der Waals surface area contributed by atoms with Gasteiger partial charge in [0.1, 0.15) is 0 Å². The Morgan fingerprint density at radius 2 is 1.40 bits per heavy atom. The van der Waals surface area contributed by atoms with Gasteiger partial charge in [-0.1, -0.05) is 18.2 Å². The highest BCUT2D eigenvalue weighted by Crippen LogP contribution is 2.29. The average molecular weight is 301 g/mol. The molecule has 0 saturated carbocycles. The zero-order valence-corrected chi connectivity index (χ0v) is 10.9. The Bertz CT molecular complexity index is 680. The Labute approximate surface area is 114 Å². The van der Waals surface area contributed by atoms with Crippen LogP contribution < -0.4 is 4.72 Å². The lowest BCUT2D eigenvalue weighted by molar-refractivity contribution is -0.137. The highest BCUT2D eigenvalue weighted by atomic mass is 32.2. The first kappa shape index (κ1) is 14.4. The van der Waals surface area contributed by atoms with Gasteiger partial charge in [0.05, 0.1) is 10.5 Å². The molecule has 0 aliphatic heterocycles. The van der Waals surface area contributed by atoms with Crippen LogP contribution in [0.5, 0.6) is 0 Å². The first-order chi connectivity index (χ1) is 9.29. The SMILES string of the molecule is O=S(=O)(Nc1ccccc1)c1ccc(C(F)(F)F)cc1. The molecule has 2 aromatic carbocycles. The van der Waals surface area contributed by atoms with Gasteiger partial charge in [-0.2, -0.15) is 13.2 Å². The maximum absolute atomic E-state index is 12.4. The van der Waals surface area contributed by atoms with Gasteiger partial charge < -0.3 is 0 Å². The van der Waals surface area contributed by atoms with E-state index in [1.807, 2.05) is 0 Å². The highest BCUT2D eigenvalue weighted by molar-refractivity contribution is 7.92. The van der Waals surface area contributed by atoms with Gasteiger partial charge in [0.2, 0.25) is 0 Å². The van der Waals surface area contributed by atoms with Crippen molar-refractivity contribution in [3.63, 3.8) is 0 Å². The first-order valence-corrected chi connectivity index (χ1v) is 7.02. The zero-order valence-electron chi connectivity index (χ0n) is 10.1. The number of hydrogen-bond acceptors (Lipinski definition) is 2. The van der Waals surface area contributed by atoms with Crippen molar-refractivity contribution in [3.05, 3.63) is 60.2 Å². The van der Waals surface area contributed by atoms with Crippen molar-refractivity contribution in [3.8, 4) is 0 Å². The van der Waals surface area contributed by atoms with E-state index in [0.717, 1.165) is 24.3 Å². The molecule has 1 N–H and O–H groups in total. The molecule has 3 nitrogen and oxygen atoms in total. The summed E-state index contributed by atoms with van der Waals surface area (Å²) < 4.78 is 63.4. The highest BCUT2D eigenvalue weighted by Gasteiger charge is 2.30. The summed E-state index contributed by atoms with van der Waals surface area (Å²) in [4.78, 5) is -0.227. The summed E-state index contributed by atoms with van der Waals surface area (Å²) in [5, 5.41) is 0. The quantitative estimate of drug-likeness (QED) is 0.943. The van der Waals surface area contributed by atoms with Crippen molar-refractivity contribution >= 4 is 15.7 Å². The number of hydrogen-bond donors (Lipinski definition) is 1. The average Bonchev–Trinajstić information content (AvgIpc) is 2.38. The Kier molecular flexibility index (Phi) is 3.71. The molecule has 7 heteroatoms. The molecule has 0 spiro atoms. The van der Waals surface area contributed by atoms with E-state index in [-0.39, 0.29) is 4.90 Å². The molecule has 0 aliphatic carbocycles. The fourth-order valence-corrected chi connectivity index (χ4v) is 2.60. The van der Waals surface area contributed by atoms with Crippen molar-refractivity contribution in [2.24, 2.45) is 0 Å². The second-order valence-electron chi connectivity index (χ2n) is 3.99. The Hall–Kier alpha value is -2.02. The third-order valence-electron chi connectivity index (χ3n) is 2.52. The third kappa shape index (κ3) is 3.30. The van der Waals surface area contributed by atoms with Crippen LogP contribution in [-0.2, 0) is 16.2 Å². The molecule has 0 bridgehead atoms. The van der Waals surface area contributed by atoms with Gasteiger partial charge in [-0.05, 0) is 36.4 Å². The van der Waals surface area contributed by atoms with E-state index in [9.17, 15) is 21.6 Å². The second-order valence-corrected chi connectivity index (χ2v) is 5.68. The van der Waals surface area contributed by atoms with E-state index in [4.69, 9.17) is 0 Å². The standard InChI is InChI=1S/C13H10F3NO2S/c14-13(15,16)10-6-8-12(9-7-10)20(18,19)17-11-4-2-1-3-5-11/h1-9,17H. The minimum atomic E-state index is -4.49. The smallest absolute Gasteiger partial charge is 0.280 e. The molecule has 0 aromatic heterocycles. The minimum absolute atomic E-state index is 0.227. The molecular weight excluding hydrogens is 291 g/mol. The van der Waals surface area contributed by atoms with E-state index in [0.29, 0.717) is 5.69 Å². The first-order valence-electron chi connectivity index (χ1n) is 5.54. The molecule has 0 saturated heterocycles. The fraction of sp³-hybridized carbons (Fsp3) is 0.0769. The maximum Gasteiger partial charge on any atom is 0.416 e. The van der Waals surface area contributed by atoms with Gasteiger partial charge in [0.15, 0.2) is 0 Å². The van der Waals surface area contributed by atoms with Crippen LogP contribution in [-0.4, -0.2) is 8.42 Å². The van der Waals surface area contributed by atoms with E-state index in [2.05, 4.69) is 4.72 Å². The molecule has 0 fully saturated rings. The summed E-state index contributed by atoms with van der Waals surface area (Å²) in [6.07, 6.45) is -4.49. The summed E-state index contributed by atoms with van der Waals surface area (Å²) >= 11 is 0. The largest absolute Gasteiger partial charge is 0.416 e. The predicted octanol–water partition coefficient (Wildman–Crippen LogP) is 3.51. The molecule has 0 radical (unpaired) electrons. The van der Waals surface area contributed by atoms with Crippen LogP contribution in [0.15, 0.2) is 59.5 Å². The Morgan fingerprint density at radius 1 is 0.850 bits per heavy atom. The van der Waals surface area contributed by atoms with Gasteiger partial charge in [-0.3, -0.25) is 4.72 Å². The lowest BCUT2D eigenvalue weighted by atomic mass is 10.2. The number of sulfonamides is 1. The molecule has 0 aliphatic rings. The van der Waals surface area contributed by atoms with Crippen LogP contribution >= 0.6 is 0 Å². The van der Waals surface area contributed by atoms with E-state index in [1.54, 1.807) is 30.3 Å². The summed E-state index contributed by atoms with van der Waals surface area (Å²) in [5.41, 5.74) is -0.552. The molecule has 0 atom stereocenters. The molecule has 20 heavy (non-hydrogen) atoms. The van der Waals surface area contributed by atoms with Crippen LogP contribution in [0.3, 0.4) is 0 Å². The van der Waals surface area contributed by atoms with Gasteiger partial charge >= 0.3 is 6.18 Å². The number of halogens is 3. The normalized spacial score (nSPS) is 12.2. The van der Waals surface area contributed by atoms with Gasteiger partial charge in [-0.15, -0.1) is 0 Å². The number of benzene rings is 2. The molecule has 2 aromatic rings. The Morgan fingerprint density at radius 3 is 1.90 bits per heavy atom. The maximum atomic E-state index is 12.4. The zero-order chi connectivity index (χ0) is 14.8. The molecule has 0 unspecified atom stereocenters. The summed E-state index contributed by atoms with van der Waals surface area (Å²) in [6, 6.07) is 11.4. The van der Waals surface area contributed by atoms with Crippen LogP contribution in [0.2, 0.25) is 0 Å². The van der Waals surface area contributed by atoms with Crippen molar-refractivity contribution in [1.29, 1.82) is 0 Å². The molecule has 0 amide bonds. The minimum Gasteiger partial charge on any atom is -0.280 e. The monoisotopic (exact) mass is 301 g/mol. The van der Waals surface area contributed by atoms with Crippen molar-refractivity contribution in [2.45, 2.75) is 11.1 Å². The molecular formula is C13H10F3NO2S. The van der Waals surface area contributed by atoms with E-state index < -0.39 is 21.8 Å². The molecule has 0 heterocycles. The van der Waals surface area contributed by atoms with Crippen LogP contribution in [0, 0.1) is 0 Å². The summed E-state index contributed by atoms with van der Waals surface area (Å²) in [7, 11) is -3.89. The fourth-order valence-electron chi connectivity index (χ4n) is 1.54. The third-order valence-corrected chi connectivity index (χ3v) is 3.92. The van der Waals surface area contributed by atoms with Crippen LogP contribution in [0.4, 0.5) is 18.9 Å². The molecule has 106 valence electrons. The second kappa shape index (κ2) is 5.16. The van der Waals surface area contributed by atoms with Crippen molar-refractivity contribution in [2.75, 3.05) is 4.72 Å². The predicted molar refractivity (Wildman–Crippen MR) is 68.7 cm³/mol. The van der Waals surface area contributed by atoms with E-state index in [1.165, 1.54) is 0 Å². The van der Waals surface area contributed by atoms with Crippen molar-refractivity contribution in [1.82, 2.24) is 0 Å². The summed E-state index contributed by atoms with van der Waals surface area (Å²) in [6.45, 7) is 0. The van der Waals surface area contributed by atoms with Gasteiger partial charge in [-0.25, -0.2) is 8.42 Å². The Balaban J connectivity index is 2.27. The molecule has 2 rings (SSSR count). The lowest BCUT2D eigenvalue weighted by Crippen LogP contribution is -2.13. The number of alkyl halides is 3. The lowest BCUT2D eigenvalue weighted by Gasteiger charge is -2.10. The van der Waals surface area contributed by atoms with Crippen molar-refractivity contribution < 1.29 is 21.6 Å². The van der Waals surface area contributed by atoms with E-state index >= 15 is 0 Å². The van der Waals surface area contributed by atoms with Crippen LogP contribution in [0.1, 0.15) is 5.56 Å². The summed E-state index contributed by atoms with van der Waals surface area (Å²) in [5.74, 6) is 0. The topological polar surface area (TPSA) is 46.2 Å².